The summed E-state index contributed by atoms with van der Waals surface area (Å²) in [5, 5.41) is 6.21. The SMILES string of the molecule is O=C(NCC1=CCNCC1)C1CCCCO1. The lowest BCUT2D eigenvalue weighted by atomic mass is 10.1. The van der Waals surface area contributed by atoms with Crippen LogP contribution < -0.4 is 10.6 Å². The molecule has 0 spiro atoms. The lowest BCUT2D eigenvalue weighted by Gasteiger charge is -2.22. The molecule has 2 aliphatic heterocycles. The molecular weight excluding hydrogens is 204 g/mol. The standard InChI is InChI=1S/C12H20N2O2/c15-12(11-3-1-2-8-16-11)14-9-10-4-6-13-7-5-10/h4,11,13H,1-3,5-9H2,(H,14,15). The zero-order chi connectivity index (χ0) is 11.2. The summed E-state index contributed by atoms with van der Waals surface area (Å²) in [7, 11) is 0. The monoisotopic (exact) mass is 224 g/mol. The first-order valence-electron chi connectivity index (χ1n) is 6.14. The van der Waals surface area contributed by atoms with E-state index in [1.807, 2.05) is 0 Å². The minimum absolute atomic E-state index is 0.0548. The Morgan fingerprint density at radius 3 is 3.19 bits per heavy atom. The van der Waals surface area contributed by atoms with Crippen LogP contribution in [-0.2, 0) is 9.53 Å². The van der Waals surface area contributed by atoms with Crippen molar-refractivity contribution in [2.24, 2.45) is 0 Å². The van der Waals surface area contributed by atoms with E-state index in [1.54, 1.807) is 0 Å². The molecule has 16 heavy (non-hydrogen) atoms. The van der Waals surface area contributed by atoms with Crippen molar-refractivity contribution < 1.29 is 9.53 Å². The van der Waals surface area contributed by atoms with E-state index in [0.717, 1.165) is 45.4 Å². The number of ether oxygens (including phenoxy) is 1. The Morgan fingerprint density at radius 1 is 1.56 bits per heavy atom. The van der Waals surface area contributed by atoms with Crippen LogP contribution in [0.5, 0.6) is 0 Å². The highest BCUT2D eigenvalue weighted by atomic mass is 16.5. The van der Waals surface area contributed by atoms with E-state index in [9.17, 15) is 4.79 Å². The Morgan fingerprint density at radius 2 is 2.50 bits per heavy atom. The van der Waals surface area contributed by atoms with Gasteiger partial charge in [-0.2, -0.15) is 0 Å². The lowest BCUT2D eigenvalue weighted by molar-refractivity contribution is -0.135. The molecule has 0 aromatic rings. The smallest absolute Gasteiger partial charge is 0.249 e. The van der Waals surface area contributed by atoms with E-state index in [4.69, 9.17) is 4.74 Å². The minimum atomic E-state index is -0.212. The largest absolute Gasteiger partial charge is 0.368 e. The highest BCUT2D eigenvalue weighted by Crippen LogP contribution is 2.12. The van der Waals surface area contributed by atoms with Crippen LogP contribution in [0.2, 0.25) is 0 Å². The molecule has 1 atom stereocenters. The number of nitrogens with one attached hydrogen (secondary N) is 2. The van der Waals surface area contributed by atoms with Crippen molar-refractivity contribution in [3.63, 3.8) is 0 Å². The van der Waals surface area contributed by atoms with Crippen LogP contribution in [0.15, 0.2) is 11.6 Å². The Hall–Kier alpha value is -0.870. The molecule has 90 valence electrons. The number of hydrogen-bond donors (Lipinski definition) is 2. The van der Waals surface area contributed by atoms with Gasteiger partial charge >= 0.3 is 0 Å². The Bertz CT molecular complexity index is 270. The van der Waals surface area contributed by atoms with Gasteiger partial charge in [-0.3, -0.25) is 4.79 Å². The molecule has 1 amide bonds. The predicted molar refractivity (Wildman–Crippen MR) is 62.2 cm³/mol. The zero-order valence-electron chi connectivity index (χ0n) is 9.63. The van der Waals surface area contributed by atoms with Gasteiger partial charge in [0.25, 0.3) is 0 Å². The second kappa shape index (κ2) is 6.01. The molecule has 1 unspecified atom stereocenters. The van der Waals surface area contributed by atoms with Gasteiger partial charge < -0.3 is 15.4 Å². The molecule has 0 aromatic heterocycles. The average molecular weight is 224 g/mol. The number of amides is 1. The summed E-state index contributed by atoms with van der Waals surface area (Å²) in [5.41, 5.74) is 1.32. The summed E-state index contributed by atoms with van der Waals surface area (Å²) in [6.45, 7) is 3.35. The summed E-state index contributed by atoms with van der Waals surface area (Å²) < 4.78 is 5.44. The topological polar surface area (TPSA) is 50.4 Å². The predicted octanol–water partition coefficient (Wildman–Crippen LogP) is 0.591. The van der Waals surface area contributed by atoms with E-state index in [-0.39, 0.29) is 12.0 Å². The number of carbonyl (C=O) groups excluding carboxylic acids is 1. The zero-order valence-corrected chi connectivity index (χ0v) is 9.63. The first-order chi connectivity index (χ1) is 7.86. The fourth-order valence-corrected chi connectivity index (χ4v) is 2.09. The molecule has 0 aromatic carbocycles. The second-order valence-corrected chi connectivity index (χ2v) is 4.39. The van der Waals surface area contributed by atoms with Crippen molar-refractivity contribution >= 4 is 5.91 Å². The Balaban J connectivity index is 1.72. The van der Waals surface area contributed by atoms with E-state index in [1.165, 1.54) is 5.57 Å². The lowest BCUT2D eigenvalue weighted by Crippen LogP contribution is -2.39. The quantitative estimate of drug-likeness (QED) is 0.690. The molecular formula is C12H20N2O2. The van der Waals surface area contributed by atoms with Gasteiger partial charge in [-0.25, -0.2) is 0 Å². The molecule has 4 nitrogen and oxygen atoms in total. The van der Waals surface area contributed by atoms with Crippen LogP contribution >= 0.6 is 0 Å². The first-order valence-corrected chi connectivity index (χ1v) is 6.14. The van der Waals surface area contributed by atoms with Gasteiger partial charge in [0.15, 0.2) is 0 Å². The van der Waals surface area contributed by atoms with Gasteiger partial charge in [-0.15, -0.1) is 0 Å². The summed E-state index contributed by atoms with van der Waals surface area (Å²) in [5.74, 6) is 0.0548. The molecule has 0 bridgehead atoms. The van der Waals surface area contributed by atoms with Crippen molar-refractivity contribution in [1.29, 1.82) is 0 Å². The van der Waals surface area contributed by atoms with E-state index in [0.29, 0.717) is 6.54 Å². The summed E-state index contributed by atoms with van der Waals surface area (Å²) in [4.78, 5) is 11.8. The van der Waals surface area contributed by atoms with Crippen molar-refractivity contribution in [3.05, 3.63) is 11.6 Å². The van der Waals surface area contributed by atoms with Gasteiger partial charge in [-0.05, 0) is 32.2 Å². The molecule has 0 aliphatic carbocycles. The summed E-state index contributed by atoms with van der Waals surface area (Å²) in [6.07, 6.45) is 6.03. The molecule has 2 rings (SSSR count). The molecule has 0 saturated carbocycles. The molecule has 1 saturated heterocycles. The fourth-order valence-electron chi connectivity index (χ4n) is 2.09. The van der Waals surface area contributed by atoms with Crippen molar-refractivity contribution in [2.45, 2.75) is 31.8 Å². The van der Waals surface area contributed by atoms with Gasteiger partial charge in [0.2, 0.25) is 5.91 Å². The molecule has 1 fully saturated rings. The minimum Gasteiger partial charge on any atom is -0.368 e. The van der Waals surface area contributed by atoms with Crippen molar-refractivity contribution in [3.8, 4) is 0 Å². The van der Waals surface area contributed by atoms with Gasteiger partial charge in [0, 0.05) is 19.7 Å². The molecule has 0 radical (unpaired) electrons. The maximum absolute atomic E-state index is 11.8. The number of carbonyl (C=O) groups is 1. The number of hydrogen-bond acceptors (Lipinski definition) is 3. The second-order valence-electron chi connectivity index (χ2n) is 4.39. The molecule has 2 heterocycles. The molecule has 2 aliphatic rings. The van der Waals surface area contributed by atoms with Gasteiger partial charge in [-0.1, -0.05) is 11.6 Å². The summed E-state index contributed by atoms with van der Waals surface area (Å²) in [6, 6.07) is 0. The number of rotatable bonds is 3. The van der Waals surface area contributed by atoms with Crippen LogP contribution in [0, 0.1) is 0 Å². The van der Waals surface area contributed by atoms with Crippen LogP contribution in [-0.4, -0.2) is 38.3 Å². The van der Waals surface area contributed by atoms with Gasteiger partial charge in [0.05, 0.1) is 0 Å². The van der Waals surface area contributed by atoms with Crippen LogP contribution in [0.4, 0.5) is 0 Å². The summed E-state index contributed by atoms with van der Waals surface area (Å²) >= 11 is 0. The van der Waals surface area contributed by atoms with Crippen LogP contribution in [0.1, 0.15) is 25.7 Å². The van der Waals surface area contributed by atoms with E-state index in [2.05, 4.69) is 16.7 Å². The van der Waals surface area contributed by atoms with E-state index < -0.39 is 0 Å². The maximum Gasteiger partial charge on any atom is 0.249 e. The fraction of sp³-hybridized carbons (Fsp3) is 0.750. The third-order valence-corrected chi connectivity index (χ3v) is 3.12. The Kier molecular flexibility index (Phi) is 4.36. The van der Waals surface area contributed by atoms with Crippen LogP contribution in [0.25, 0.3) is 0 Å². The van der Waals surface area contributed by atoms with E-state index >= 15 is 0 Å². The third-order valence-electron chi connectivity index (χ3n) is 3.12. The normalized spacial score (nSPS) is 26.0. The van der Waals surface area contributed by atoms with Crippen LogP contribution in [0.3, 0.4) is 0 Å². The average Bonchev–Trinajstić information content (AvgIpc) is 2.38. The van der Waals surface area contributed by atoms with Crippen molar-refractivity contribution in [1.82, 2.24) is 10.6 Å². The molecule has 2 N–H and O–H groups in total. The first kappa shape index (κ1) is 11.6. The highest BCUT2D eigenvalue weighted by molar-refractivity contribution is 5.81. The Labute approximate surface area is 96.4 Å². The van der Waals surface area contributed by atoms with Crippen molar-refractivity contribution in [2.75, 3.05) is 26.2 Å². The highest BCUT2D eigenvalue weighted by Gasteiger charge is 2.21. The maximum atomic E-state index is 11.8. The molecule has 4 heteroatoms. The van der Waals surface area contributed by atoms with Gasteiger partial charge in [0.1, 0.15) is 6.10 Å². The third kappa shape index (κ3) is 3.32.